The molecule has 1 unspecified atom stereocenters. The van der Waals surface area contributed by atoms with E-state index in [1.165, 1.54) is 6.07 Å². The van der Waals surface area contributed by atoms with Crippen molar-refractivity contribution >= 4 is 31.9 Å². The van der Waals surface area contributed by atoms with Crippen molar-refractivity contribution in [2.24, 2.45) is 0 Å². The van der Waals surface area contributed by atoms with Crippen LogP contribution in [0, 0.1) is 5.82 Å². The van der Waals surface area contributed by atoms with Crippen molar-refractivity contribution in [2.45, 2.75) is 12.5 Å². The first-order valence-electron chi connectivity index (χ1n) is 5.44. The zero-order valence-electron chi connectivity index (χ0n) is 9.41. The minimum absolute atomic E-state index is 0.296. The summed E-state index contributed by atoms with van der Waals surface area (Å²) in [5.41, 5.74) is 1.72. The summed E-state index contributed by atoms with van der Waals surface area (Å²) < 4.78 is 14.4. The molecular weight excluding hydrogens is 363 g/mol. The summed E-state index contributed by atoms with van der Waals surface area (Å²) >= 11 is 6.51. The van der Waals surface area contributed by atoms with Crippen molar-refractivity contribution < 1.29 is 9.50 Å². The van der Waals surface area contributed by atoms with Crippen LogP contribution in [-0.4, -0.2) is 5.11 Å². The molecule has 0 heterocycles. The van der Waals surface area contributed by atoms with Crippen LogP contribution in [0.15, 0.2) is 51.4 Å². The fourth-order valence-electron chi connectivity index (χ4n) is 1.72. The molecule has 1 N–H and O–H groups in total. The topological polar surface area (TPSA) is 20.2 Å². The van der Waals surface area contributed by atoms with Gasteiger partial charge in [-0.1, -0.05) is 34.1 Å². The van der Waals surface area contributed by atoms with Gasteiger partial charge in [0.15, 0.2) is 0 Å². The highest BCUT2D eigenvalue weighted by atomic mass is 79.9. The molecule has 0 aromatic heterocycles. The average Bonchev–Trinajstić information content (AvgIpc) is 2.34. The lowest BCUT2D eigenvalue weighted by Crippen LogP contribution is -2.02. The van der Waals surface area contributed by atoms with Gasteiger partial charge in [0.1, 0.15) is 5.82 Å². The molecule has 2 aromatic carbocycles. The van der Waals surface area contributed by atoms with E-state index in [1.807, 2.05) is 24.3 Å². The lowest BCUT2D eigenvalue weighted by Gasteiger charge is -2.12. The number of aliphatic hydroxyl groups excluding tert-OH is 1. The van der Waals surface area contributed by atoms with Crippen molar-refractivity contribution in [1.29, 1.82) is 0 Å². The van der Waals surface area contributed by atoms with E-state index in [0.717, 1.165) is 15.6 Å². The van der Waals surface area contributed by atoms with Crippen molar-refractivity contribution in [2.75, 3.05) is 0 Å². The van der Waals surface area contributed by atoms with Crippen molar-refractivity contribution in [3.05, 3.63) is 68.4 Å². The molecule has 2 aromatic rings. The third kappa shape index (κ3) is 3.40. The van der Waals surface area contributed by atoms with Crippen LogP contribution in [0.5, 0.6) is 0 Å². The van der Waals surface area contributed by atoms with Gasteiger partial charge in [-0.25, -0.2) is 4.39 Å². The predicted molar refractivity (Wildman–Crippen MR) is 76.9 cm³/mol. The molecule has 2 rings (SSSR count). The molecule has 0 bridgehead atoms. The summed E-state index contributed by atoms with van der Waals surface area (Å²) in [4.78, 5) is 0. The molecule has 0 aliphatic heterocycles. The summed E-state index contributed by atoms with van der Waals surface area (Å²) in [5, 5.41) is 10.1. The molecule has 0 aliphatic carbocycles. The molecule has 0 fully saturated rings. The van der Waals surface area contributed by atoms with E-state index < -0.39 is 6.10 Å². The quantitative estimate of drug-likeness (QED) is 0.831. The summed E-state index contributed by atoms with van der Waals surface area (Å²) in [6.07, 6.45) is -0.144. The number of aliphatic hydroxyl groups is 1. The first-order valence-corrected chi connectivity index (χ1v) is 7.02. The number of halogens is 3. The van der Waals surface area contributed by atoms with Gasteiger partial charge < -0.3 is 5.11 Å². The van der Waals surface area contributed by atoms with Crippen LogP contribution in [0.25, 0.3) is 0 Å². The van der Waals surface area contributed by atoms with E-state index in [2.05, 4.69) is 31.9 Å². The summed E-state index contributed by atoms with van der Waals surface area (Å²) in [6.45, 7) is 0. The molecular formula is C14H11Br2FO. The second-order valence-electron chi connectivity index (χ2n) is 4.02. The largest absolute Gasteiger partial charge is 0.388 e. The summed E-state index contributed by atoms with van der Waals surface area (Å²) in [7, 11) is 0. The smallest absolute Gasteiger partial charge is 0.137 e. The normalized spacial score (nSPS) is 12.4. The Labute approximate surface area is 122 Å². The standard InChI is InChI=1S/C14H11Br2FO/c15-11-3-1-2-10(8-11)14(18)7-9-4-5-13(17)12(16)6-9/h1-6,8,14,18H,7H2. The number of rotatable bonds is 3. The Morgan fingerprint density at radius 3 is 2.56 bits per heavy atom. The Hall–Kier alpha value is -0.710. The lowest BCUT2D eigenvalue weighted by atomic mass is 10.0. The lowest BCUT2D eigenvalue weighted by molar-refractivity contribution is 0.178. The highest BCUT2D eigenvalue weighted by molar-refractivity contribution is 9.10. The minimum Gasteiger partial charge on any atom is -0.388 e. The molecule has 0 radical (unpaired) electrons. The molecule has 94 valence electrons. The molecule has 1 atom stereocenters. The number of hydrogen-bond acceptors (Lipinski definition) is 1. The maximum absolute atomic E-state index is 13.1. The van der Waals surface area contributed by atoms with Crippen molar-refractivity contribution in [3.8, 4) is 0 Å². The summed E-state index contributed by atoms with van der Waals surface area (Å²) in [5.74, 6) is -0.296. The fraction of sp³-hybridized carbons (Fsp3) is 0.143. The molecule has 0 spiro atoms. The Kier molecular flexibility index (Phi) is 4.54. The molecule has 18 heavy (non-hydrogen) atoms. The highest BCUT2D eigenvalue weighted by Gasteiger charge is 2.10. The monoisotopic (exact) mass is 372 g/mol. The Morgan fingerprint density at radius 1 is 1.11 bits per heavy atom. The van der Waals surface area contributed by atoms with Crippen LogP contribution in [0.1, 0.15) is 17.2 Å². The molecule has 0 aliphatic rings. The van der Waals surface area contributed by atoms with Crippen molar-refractivity contribution in [3.63, 3.8) is 0 Å². The van der Waals surface area contributed by atoms with Crippen LogP contribution in [0.3, 0.4) is 0 Å². The van der Waals surface area contributed by atoms with Crippen LogP contribution < -0.4 is 0 Å². The van der Waals surface area contributed by atoms with Gasteiger partial charge in [0, 0.05) is 10.9 Å². The minimum atomic E-state index is -0.597. The Morgan fingerprint density at radius 2 is 1.89 bits per heavy atom. The maximum atomic E-state index is 13.1. The van der Waals surface area contributed by atoms with Crippen LogP contribution in [-0.2, 0) is 6.42 Å². The molecule has 4 heteroatoms. The molecule has 0 saturated heterocycles. The van der Waals surface area contributed by atoms with E-state index in [-0.39, 0.29) is 5.82 Å². The SMILES string of the molecule is OC(Cc1ccc(F)c(Br)c1)c1cccc(Br)c1. The van der Waals surface area contributed by atoms with Crippen LogP contribution in [0.4, 0.5) is 4.39 Å². The highest BCUT2D eigenvalue weighted by Crippen LogP contribution is 2.24. The zero-order valence-corrected chi connectivity index (χ0v) is 12.6. The fourth-order valence-corrected chi connectivity index (χ4v) is 2.56. The second-order valence-corrected chi connectivity index (χ2v) is 5.79. The number of benzene rings is 2. The van der Waals surface area contributed by atoms with E-state index >= 15 is 0 Å². The molecule has 0 saturated carbocycles. The van der Waals surface area contributed by atoms with Gasteiger partial charge in [-0.3, -0.25) is 0 Å². The van der Waals surface area contributed by atoms with Crippen molar-refractivity contribution in [1.82, 2.24) is 0 Å². The Bertz CT molecular complexity index is 557. The first-order chi connectivity index (χ1) is 8.56. The third-order valence-corrected chi connectivity index (χ3v) is 3.75. The van der Waals surface area contributed by atoms with Crippen LogP contribution >= 0.6 is 31.9 Å². The van der Waals surface area contributed by atoms with Gasteiger partial charge in [-0.15, -0.1) is 0 Å². The Balaban J connectivity index is 2.16. The van der Waals surface area contributed by atoms with E-state index in [9.17, 15) is 9.50 Å². The number of hydrogen-bond donors (Lipinski definition) is 1. The van der Waals surface area contributed by atoms with E-state index in [1.54, 1.807) is 12.1 Å². The first kappa shape index (κ1) is 13.7. The van der Waals surface area contributed by atoms with E-state index in [4.69, 9.17) is 0 Å². The molecule has 0 amide bonds. The third-order valence-electron chi connectivity index (χ3n) is 2.65. The van der Waals surface area contributed by atoms with Gasteiger partial charge in [0.2, 0.25) is 0 Å². The summed E-state index contributed by atoms with van der Waals surface area (Å²) in [6, 6.07) is 12.3. The molecule has 1 nitrogen and oxygen atoms in total. The predicted octanol–water partition coefficient (Wildman–Crippen LogP) is 4.63. The van der Waals surface area contributed by atoms with Crippen LogP contribution in [0.2, 0.25) is 0 Å². The van der Waals surface area contributed by atoms with E-state index in [0.29, 0.717) is 10.9 Å². The van der Waals surface area contributed by atoms with Gasteiger partial charge >= 0.3 is 0 Å². The average molecular weight is 374 g/mol. The maximum Gasteiger partial charge on any atom is 0.137 e. The second kappa shape index (κ2) is 5.95. The van der Waals surface area contributed by atoms with Gasteiger partial charge in [0.25, 0.3) is 0 Å². The van der Waals surface area contributed by atoms with Gasteiger partial charge in [0.05, 0.1) is 10.6 Å². The zero-order chi connectivity index (χ0) is 13.1. The van der Waals surface area contributed by atoms with Gasteiger partial charge in [-0.2, -0.15) is 0 Å². The van der Waals surface area contributed by atoms with Gasteiger partial charge in [-0.05, 0) is 51.3 Å².